The summed E-state index contributed by atoms with van der Waals surface area (Å²) < 4.78 is 0. The van der Waals surface area contributed by atoms with E-state index in [0.29, 0.717) is 5.56 Å². The van der Waals surface area contributed by atoms with Gasteiger partial charge in [-0.1, -0.05) is 59.7 Å². The van der Waals surface area contributed by atoms with Gasteiger partial charge in [-0.15, -0.1) is 0 Å². The van der Waals surface area contributed by atoms with Gasteiger partial charge in [-0.05, 0) is 56.1 Å². The molecule has 10 N–H and O–H groups in total. The number of aromatic amines is 1. The third-order valence-corrected chi connectivity index (χ3v) is 9.49. The maximum atomic E-state index is 13.8. The minimum atomic E-state index is -1.24. The molecule has 0 spiro atoms. The largest absolute Gasteiger partial charge is 0.361 e. The fourth-order valence-corrected chi connectivity index (χ4v) is 6.32. The van der Waals surface area contributed by atoms with E-state index in [-0.39, 0.29) is 31.1 Å². The number of hydrogen-bond donors (Lipinski definition) is 10. The summed E-state index contributed by atoms with van der Waals surface area (Å²) in [5.41, 5.74) is 1.48. The summed E-state index contributed by atoms with van der Waals surface area (Å²) in [6.45, 7) is 11.9. The van der Waals surface area contributed by atoms with Gasteiger partial charge in [-0.25, -0.2) is 0 Å². The molecule has 9 amide bonds. The molecule has 1 aromatic heterocycles. The van der Waals surface area contributed by atoms with E-state index in [1.54, 1.807) is 20.0 Å². The Hall–Kier alpha value is -6.01. The van der Waals surface area contributed by atoms with E-state index in [1.165, 1.54) is 13.8 Å². The molecule has 0 aliphatic carbocycles. The van der Waals surface area contributed by atoms with E-state index in [1.807, 2.05) is 52.0 Å². The summed E-state index contributed by atoms with van der Waals surface area (Å²) in [6.07, 6.45) is 2.09. The lowest BCUT2D eigenvalue weighted by Crippen LogP contribution is -2.59. The lowest BCUT2D eigenvalue weighted by atomic mass is 10.00. The molecule has 324 valence electrons. The Balaban J connectivity index is 1.90. The molecule has 0 radical (unpaired) electrons. The zero-order valence-corrected chi connectivity index (χ0v) is 35.0. The van der Waals surface area contributed by atoms with E-state index in [4.69, 9.17) is 0 Å². The van der Waals surface area contributed by atoms with Crippen LogP contribution in [0.25, 0.3) is 10.9 Å². The Morgan fingerprint density at radius 2 is 1.05 bits per heavy atom. The lowest BCUT2D eigenvalue weighted by molar-refractivity contribution is -0.135. The van der Waals surface area contributed by atoms with Crippen LogP contribution in [0.3, 0.4) is 0 Å². The van der Waals surface area contributed by atoms with Crippen LogP contribution in [0.2, 0.25) is 0 Å². The van der Waals surface area contributed by atoms with Crippen LogP contribution in [0.5, 0.6) is 0 Å². The van der Waals surface area contributed by atoms with Crippen LogP contribution in [0, 0.1) is 17.8 Å². The molecule has 0 saturated carbocycles. The van der Waals surface area contributed by atoms with Crippen LogP contribution in [0.15, 0.2) is 30.5 Å². The number of fused-ring (bicyclic) bond motifs is 1. The number of H-pyrrole nitrogens is 1. The Bertz CT molecular complexity index is 1860. The van der Waals surface area contributed by atoms with Gasteiger partial charge in [0.2, 0.25) is 53.2 Å². The van der Waals surface area contributed by atoms with Crippen LogP contribution in [-0.4, -0.2) is 114 Å². The summed E-state index contributed by atoms with van der Waals surface area (Å²) in [4.78, 5) is 122. The Morgan fingerprint density at radius 3 is 1.69 bits per heavy atom. The van der Waals surface area contributed by atoms with Crippen molar-refractivity contribution in [2.45, 2.75) is 111 Å². The normalized spacial score (nSPS) is 24.6. The summed E-state index contributed by atoms with van der Waals surface area (Å²) in [5, 5.41) is 23.8. The lowest BCUT2D eigenvalue weighted by Gasteiger charge is -2.27. The number of para-hydroxylation sites is 1. The second kappa shape index (κ2) is 22.2. The first-order chi connectivity index (χ1) is 27.7. The Morgan fingerprint density at radius 1 is 0.525 bits per heavy atom. The fraction of sp³-hybridized carbons (Fsp3) is 0.575. The molecule has 2 heterocycles. The number of carbonyl (C=O) groups is 9. The van der Waals surface area contributed by atoms with Crippen molar-refractivity contribution in [3.63, 3.8) is 0 Å². The van der Waals surface area contributed by atoms with Crippen molar-refractivity contribution < 1.29 is 43.2 Å². The zero-order chi connectivity index (χ0) is 44.0. The van der Waals surface area contributed by atoms with Crippen LogP contribution in [0.1, 0.15) is 73.8 Å². The number of amides is 9. The minimum absolute atomic E-state index is 0.00545. The van der Waals surface area contributed by atoms with Gasteiger partial charge >= 0.3 is 0 Å². The highest BCUT2D eigenvalue weighted by molar-refractivity contribution is 5.98. The highest BCUT2D eigenvalue weighted by Crippen LogP contribution is 2.19. The number of hydrogen-bond acceptors (Lipinski definition) is 9. The quantitative estimate of drug-likeness (QED) is 0.160. The summed E-state index contributed by atoms with van der Waals surface area (Å²) in [5.74, 6) is -6.96. The van der Waals surface area contributed by atoms with Crippen molar-refractivity contribution in [1.82, 2.24) is 52.8 Å². The predicted octanol–water partition coefficient (Wildman–Crippen LogP) is -1.23. The first-order valence-corrected chi connectivity index (χ1v) is 19.9. The van der Waals surface area contributed by atoms with Gasteiger partial charge in [0.05, 0.1) is 19.6 Å². The van der Waals surface area contributed by atoms with Crippen molar-refractivity contribution in [2.24, 2.45) is 17.8 Å². The predicted molar refractivity (Wildman–Crippen MR) is 218 cm³/mol. The van der Waals surface area contributed by atoms with Crippen LogP contribution < -0.4 is 47.9 Å². The molecule has 59 heavy (non-hydrogen) atoms. The average Bonchev–Trinajstić information content (AvgIpc) is 3.57. The molecule has 1 aliphatic heterocycles. The molecular formula is C40H60N10O9. The summed E-state index contributed by atoms with van der Waals surface area (Å²) >= 11 is 0. The molecule has 2 aromatic rings. The average molecular weight is 825 g/mol. The molecule has 19 nitrogen and oxygen atoms in total. The second-order valence-electron chi connectivity index (χ2n) is 16.0. The number of aromatic nitrogens is 1. The van der Waals surface area contributed by atoms with Gasteiger partial charge < -0.3 is 52.8 Å². The maximum absolute atomic E-state index is 13.8. The van der Waals surface area contributed by atoms with E-state index in [2.05, 4.69) is 52.8 Å². The fourth-order valence-electron chi connectivity index (χ4n) is 6.32. The van der Waals surface area contributed by atoms with Gasteiger partial charge in [-0.3, -0.25) is 43.2 Å². The van der Waals surface area contributed by atoms with E-state index in [9.17, 15) is 43.2 Å². The van der Waals surface area contributed by atoms with Crippen molar-refractivity contribution >= 4 is 64.1 Å². The first kappa shape index (κ1) is 47.4. The van der Waals surface area contributed by atoms with Crippen LogP contribution in [-0.2, 0) is 49.6 Å². The molecule has 0 bridgehead atoms. The van der Waals surface area contributed by atoms with Crippen molar-refractivity contribution in [3.8, 4) is 0 Å². The van der Waals surface area contributed by atoms with Crippen LogP contribution >= 0.6 is 0 Å². The monoisotopic (exact) mass is 824 g/mol. The number of rotatable bonds is 7. The molecule has 3 rings (SSSR count). The Labute approximate surface area is 343 Å². The molecular weight excluding hydrogens is 765 g/mol. The molecule has 6 atom stereocenters. The highest BCUT2D eigenvalue weighted by atomic mass is 16.2. The van der Waals surface area contributed by atoms with Crippen LogP contribution in [0.4, 0.5) is 0 Å². The molecule has 19 heteroatoms. The second-order valence-corrected chi connectivity index (χ2v) is 16.0. The van der Waals surface area contributed by atoms with Gasteiger partial charge in [0.1, 0.15) is 36.3 Å². The SMILES string of the molecule is CC(C)C[C@@H]1NC(=O)CNC(=O)CNC(=O)[C@H](C)NC(=O)[C@H](Cc2c[nH]c3ccccc23)NC(=O)[C@H](C(C)C)NC(=O)[C@H](C)NC(=O)CNC(=O)[C@H](CC(C)C)NC1=O. The molecule has 1 aromatic carbocycles. The number of nitrogens with one attached hydrogen (secondary N) is 10. The van der Waals surface area contributed by atoms with Crippen molar-refractivity contribution in [3.05, 3.63) is 36.0 Å². The van der Waals surface area contributed by atoms with E-state index in [0.717, 1.165) is 10.9 Å². The summed E-state index contributed by atoms with van der Waals surface area (Å²) in [7, 11) is 0. The van der Waals surface area contributed by atoms with Crippen molar-refractivity contribution in [2.75, 3.05) is 19.6 Å². The Kier molecular flexibility index (Phi) is 17.8. The molecule has 1 saturated heterocycles. The molecule has 1 fully saturated rings. The van der Waals surface area contributed by atoms with E-state index >= 15 is 0 Å². The molecule has 0 unspecified atom stereocenters. The third-order valence-electron chi connectivity index (χ3n) is 9.49. The highest BCUT2D eigenvalue weighted by Gasteiger charge is 2.33. The topological polar surface area (TPSA) is 278 Å². The third kappa shape index (κ3) is 15.0. The smallest absolute Gasteiger partial charge is 0.243 e. The van der Waals surface area contributed by atoms with Gasteiger partial charge in [0, 0.05) is 23.5 Å². The first-order valence-electron chi connectivity index (χ1n) is 19.9. The van der Waals surface area contributed by atoms with Gasteiger partial charge in [0.25, 0.3) is 0 Å². The van der Waals surface area contributed by atoms with Gasteiger partial charge in [-0.2, -0.15) is 0 Å². The number of carbonyl (C=O) groups excluding carboxylic acids is 9. The summed E-state index contributed by atoms with van der Waals surface area (Å²) in [6, 6.07) is 0.462. The van der Waals surface area contributed by atoms with Gasteiger partial charge in [0.15, 0.2) is 0 Å². The number of benzene rings is 1. The standard InChI is InChI=1S/C40H60N10O9/c1-20(2)13-28-37(56)44-19-32(52)45-24(8)36(55)50-34(22(5)6)40(59)49-30(15-25-16-41-27-12-10-9-11-26(25)27)38(57)46-23(7)35(54)43-17-31(51)42-18-33(53)47-29(14-21(3)4)39(58)48-28/h9-12,16,20-24,28-30,34,41H,13-15,17-19H2,1-8H3,(H,42,51)(H,43,54)(H,44,56)(H,45,52)(H,46,57)(H,47,53)(H,48,58)(H,49,59)(H,50,55)/t23-,24-,28-,29-,30-,34-/m0/s1. The molecule has 1 aliphatic rings. The zero-order valence-electron chi connectivity index (χ0n) is 35.0. The van der Waals surface area contributed by atoms with Crippen molar-refractivity contribution in [1.29, 1.82) is 0 Å². The maximum Gasteiger partial charge on any atom is 0.243 e. The minimum Gasteiger partial charge on any atom is -0.361 e. The van der Waals surface area contributed by atoms with E-state index < -0.39 is 115 Å².